The maximum Gasteiger partial charge on any atom is 0.333 e. The number of aryl methyl sites for hydroxylation is 1. The summed E-state index contributed by atoms with van der Waals surface area (Å²) < 4.78 is 7.67. The van der Waals surface area contributed by atoms with E-state index in [9.17, 15) is 9.59 Å². The summed E-state index contributed by atoms with van der Waals surface area (Å²) >= 11 is 0. The highest BCUT2D eigenvalue weighted by atomic mass is 16.5. The summed E-state index contributed by atoms with van der Waals surface area (Å²) in [7, 11) is 0. The van der Waals surface area contributed by atoms with E-state index in [1.165, 1.54) is 4.90 Å². The highest BCUT2D eigenvalue weighted by molar-refractivity contribution is 5.98. The van der Waals surface area contributed by atoms with Crippen molar-refractivity contribution < 1.29 is 19.4 Å². The lowest BCUT2D eigenvalue weighted by atomic mass is 9.93. The van der Waals surface area contributed by atoms with E-state index in [1.54, 1.807) is 18.3 Å². The number of benzene rings is 1. The predicted octanol–water partition coefficient (Wildman–Crippen LogP) is 2.10. The molecule has 138 valence electrons. The molecule has 1 amide bonds. The minimum atomic E-state index is -0.997. The first kappa shape index (κ1) is 17.1. The van der Waals surface area contributed by atoms with E-state index in [4.69, 9.17) is 9.84 Å². The van der Waals surface area contributed by atoms with Crippen molar-refractivity contribution >= 4 is 17.6 Å². The van der Waals surface area contributed by atoms with Crippen LogP contribution in [0.25, 0.3) is 5.70 Å². The van der Waals surface area contributed by atoms with Crippen LogP contribution in [-0.2, 0) is 22.6 Å². The Balaban J connectivity index is 1.47. The summed E-state index contributed by atoms with van der Waals surface area (Å²) in [5, 5.41) is 13.3. The number of carboxylic acids is 1. The fourth-order valence-corrected chi connectivity index (χ4v) is 3.34. The van der Waals surface area contributed by atoms with Crippen LogP contribution in [-0.4, -0.2) is 44.8 Å². The summed E-state index contributed by atoms with van der Waals surface area (Å²) in [6.45, 7) is 1.45. The Morgan fingerprint density at radius 3 is 2.96 bits per heavy atom. The first-order valence-corrected chi connectivity index (χ1v) is 8.80. The second-order valence-electron chi connectivity index (χ2n) is 6.50. The molecule has 0 radical (unpaired) electrons. The van der Waals surface area contributed by atoms with E-state index in [0.717, 1.165) is 35.5 Å². The van der Waals surface area contributed by atoms with Gasteiger partial charge in [-0.3, -0.25) is 9.48 Å². The standard InChI is InChI=1S/C20H19N3O4/c24-19-12-15-11-16(27-10-2-9-22-8-1-7-21-22)4-5-17(15)18-6-3-14(20(25)26)13-23(18)19/h1,3-8,11H,2,9-10,12-13H2,(H,25,26). The van der Waals surface area contributed by atoms with E-state index < -0.39 is 5.97 Å². The molecule has 2 aliphatic rings. The molecule has 0 aliphatic carbocycles. The van der Waals surface area contributed by atoms with E-state index in [0.29, 0.717) is 6.61 Å². The van der Waals surface area contributed by atoms with Crippen molar-refractivity contribution in [3.05, 3.63) is 65.5 Å². The lowest BCUT2D eigenvalue weighted by Crippen LogP contribution is -2.38. The molecule has 27 heavy (non-hydrogen) atoms. The molecule has 0 unspecified atom stereocenters. The molecule has 4 rings (SSSR count). The molecule has 3 heterocycles. The van der Waals surface area contributed by atoms with Crippen molar-refractivity contribution in [3.63, 3.8) is 0 Å². The summed E-state index contributed by atoms with van der Waals surface area (Å²) in [5.74, 6) is -0.368. The van der Waals surface area contributed by atoms with Gasteiger partial charge in [-0.2, -0.15) is 5.10 Å². The van der Waals surface area contributed by atoms with Crippen LogP contribution in [0.1, 0.15) is 17.5 Å². The van der Waals surface area contributed by atoms with Gasteiger partial charge < -0.3 is 14.7 Å². The molecule has 0 saturated heterocycles. The van der Waals surface area contributed by atoms with Crippen LogP contribution in [0.4, 0.5) is 0 Å². The second-order valence-corrected chi connectivity index (χ2v) is 6.50. The number of allylic oxidation sites excluding steroid dienone is 2. The zero-order valence-electron chi connectivity index (χ0n) is 14.7. The van der Waals surface area contributed by atoms with Crippen LogP contribution in [0.3, 0.4) is 0 Å². The van der Waals surface area contributed by atoms with Crippen LogP contribution < -0.4 is 4.74 Å². The first-order chi connectivity index (χ1) is 13.1. The smallest absolute Gasteiger partial charge is 0.333 e. The zero-order valence-corrected chi connectivity index (χ0v) is 14.7. The molecular weight excluding hydrogens is 346 g/mol. The SMILES string of the molecule is O=C(O)C1=CC=C2c3ccc(OCCCn4cccn4)cc3CC(=O)N2C1. The number of fused-ring (bicyclic) bond motifs is 3. The first-order valence-electron chi connectivity index (χ1n) is 8.80. The summed E-state index contributed by atoms with van der Waals surface area (Å²) in [6, 6.07) is 7.61. The zero-order chi connectivity index (χ0) is 18.8. The van der Waals surface area contributed by atoms with E-state index in [1.807, 2.05) is 35.1 Å². The summed E-state index contributed by atoms with van der Waals surface area (Å²) in [4.78, 5) is 25.2. The van der Waals surface area contributed by atoms with Gasteiger partial charge in [-0.25, -0.2) is 4.79 Å². The summed E-state index contributed by atoms with van der Waals surface area (Å²) in [6.07, 6.45) is 8.00. The molecule has 1 aromatic carbocycles. The largest absolute Gasteiger partial charge is 0.494 e. The molecule has 2 aliphatic heterocycles. The average Bonchev–Trinajstić information content (AvgIpc) is 3.18. The normalized spacial score (nSPS) is 15.6. The van der Waals surface area contributed by atoms with Crippen LogP contribution in [0.2, 0.25) is 0 Å². The van der Waals surface area contributed by atoms with Crippen molar-refractivity contribution in [3.8, 4) is 5.75 Å². The number of hydrogen-bond acceptors (Lipinski definition) is 4. The van der Waals surface area contributed by atoms with Crippen molar-refractivity contribution in [2.45, 2.75) is 19.4 Å². The van der Waals surface area contributed by atoms with Gasteiger partial charge in [0.2, 0.25) is 5.91 Å². The number of rotatable bonds is 6. The van der Waals surface area contributed by atoms with Crippen LogP contribution in [0, 0.1) is 0 Å². The van der Waals surface area contributed by atoms with Gasteiger partial charge in [0.1, 0.15) is 5.75 Å². The van der Waals surface area contributed by atoms with Gasteiger partial charge >= 0.3 is 5.97 Å². The average molecular weight is 365 g/mol. The monoisotopic (exact) mass is 365 g/mol. The van der Waals surface area contributed by atoms with E-state index in [2.05, 4.69) is 5.10 Å². The van der Waals surface area contributed by atoms with Gasteiger partial charge in [-0.05, 0) is 42.0 Å². The van der Waals surface area contributed by atoms with Gasteiger partial charge in [-0.1, -0.05) is 0 Å². The number of carbonyl (C=O) groups is 2. The highest BCUT2D eigenvalue weighted by Crippen LogP contribution is 2.34. The Hall–Kier alpha value is -3.35. The topological polar surface area (TPSA) is 84.7 Å². The number of hydrogen-bond donors (Lipinski definition) is 1. The third kappa shape index (κ3) is 3.48. The van der Waals surface area contributed by atoms with Gasteiger partial charge in [0.15, 0.2) is 0 Å². The molecule has 1 N–H and O–H groups in total. The Morgan fingerprint density at radius 1 is 1.30 bits per heavy atom. The maximum absolute atomic E-state index is 12.5. The minimum absolute atomic E-state index is 0.101. The number of aromatic nitrogens is 2. The van der Waals surface area contributed by atoms with Crippen LogP contribution in [0.5, 0.6) is 5.75 Å². The molecule has 2 aromatic rings. The summed E-state index contributed by atoms with van der Waals surface area (Å²) in [5.41, 5.74) is 2.81. The maximum atomic E-state index is 12.5. The molecule has 1 aromatic heterocycles. The van der Waals surface area contributed by atoms with Crippen LogP contribution >= 0.6 is 0 Å². The highest BCUT2D eigenvalue weighted by Gasteiger charge is 2.31. The van der Waals surface area contributed by atoms with Gasteiger partial charge in [-0.15, -0.1) is 0 Å². The Labute approximate surface area is 156 Å². The Bertz CT molecular complexity index is 944. The Morgan fingerprint density at radius 2 is 2.19 bits per heavy atom. The molecule has 0 spiro atoms. The van der Waals surface area contributed by atoms with E-state index in [-0.39, 0.29) is 24.4 Å². The van der Waals surface area contributed by atoms with Crippen molar-refractivity contribution in [1.29, 1.82) is 0 Å². The third-order valence-corrected chi connectivity index (χ3v) is 4.69. The number of ether oxygens (including phenoxy) is 1. The molecule has 7 nitrogen and oxygen atoms in total. The van der Waals surface area contributed by atoms with Crippen LogP contribution in [0.15, 0.2) is 54.4 Å². The van der Waals surface area contributed by atoms with E-state index >= 15 is 0 Å². The van der Waals surface area contributed by atoms with Gasteiger partial charge in [0.25, 0.3) is 0 Å². The van der Waals surface area contributed by atoms with Gasteiger partial charge in [0.05, 0.1) is 30.8 Å². The minimum Gasteiger partial charge on any atom is -0.494 e. The Kier molecular flexibility index (Phi) is 4.50. The number of aliphatic carboxylic acids is 1. The van der Waals surface area contributed by atoms with Crippen molar-refractivity contribution in [1.82, 2.24) is 14.7 Å². The number of nitrogens with zero attached hydrogens (tertiary/aromatic N) is 3. The fourth-order valence-electron chi connectivity index (χ4n) is 3.34. The molecule has 0 saturated carbocycles. The molecule has 0 atom stereocenters. The molecular formula is C20H19N3O4. The predicted molar refractivity (Wildman–Crippen MR) is 97.9 cm³/mol. The molecule has 7 heteroatoms. The number of amides is 1. The third-order valence-electron chi connectivity index (χ3n) is 4.69. The molecule has 0 bridgehead atoms. The molecule has 0 fully saturated rings. The second kappa shape index (κ2) is 7.11. The quantitative estimate of drug-likeness (QED) is 0.793. The van der Waals surface area contributed by atoms with Crippen molar-refractivity contribution in [2.75, 3.05) is 13.2 Å². The number of carbonyl (C=O) groups excluding carboxylic acids is 1. The van der Waals surface area contributed by atoms with Crippen molar-refractivity contribution in [2.24, 2.45) is 0 Å². The fraction of sp³-hybridized carbons (Fsp3) is 0.250. The number of carboxylic acid groups (broad SMARTS) is 1. The lowest BCUT2D eigenvalue weighted by Gasteiger charge is -2.33. The lowest BCUT2D eigenvalue weighted by molar-refractivity contribution is -0.133. The van der Waals surface area contributed by atoms with Gasteiger partial charge in [0, 0.05) is 30.9 Å².